The summed E-state index contributed by atoms with van der Waals surface area (Å²) in [5.41, 5.74) is -0.525. The molecule has 1 saturated carbocycles. The topological polar surface area (TPSA) is 49.8 Å². The number of alkyl halides is 3. The third kappa shape index (κ3) is 4.92. The number of nitrogens with zero attached hydrogens (tertiary/aromatic N) is 2. The lowest BCUT2D eigenvalue weighted by atomic mass is 9.96. The van der Waals surface area contributed by atoms with E-state index in [1.54, 1.807) is 12.1 Å². The molecule has 2 N–H and O–H groups in total. The number of hydrogen-bond acceptors (Lipinski definition) is 4. The largest absolute Gasteiger partial charge is 0.433 e. The van der Waals surface area contributed by atoms with Gasteiger partial charge in [0.25, 0.3) is 0 Å². The molecule has 1 aliphatic carbocycles. The molecule has 0 radical (unpaired) electrons. The van der Waals surface area contributed by atoms with Crippen LogP contribution in [0.25, 0.3) is 0 Å². The van der Waals surface area contributed by atoms with Gasteiger partial charge in [-0.05, 0) is 31.0 Å². The van der Waals surface area contributed by atoms with Crippen LogP contribution in [0.1, 0.15) is 37.8 Å². The predicted octanol–water partition coefficient (Wildman–Crippen LogP) is 6.29. The number of anilines is 3. The average Bonchev–Trinajstić information content (AvgIpc) is 2.58. The number of hydrogen-bond donors (Lipinski definition) is 2. The van der Waals surface area contributed by atoms with Crippen molar-refractivity contribution in [3.05, 3.63) is 40.0 Å². The maximum absolute atomic E-state index is 13.2. The Bertz CT molecular complexity index is 777. The molecule has 4 nitrogen and oxygen atoms in total. The monoisotopic (exact) mass is 404 g/mol. The SMILES string of the molecule is FC(F)(F)c1cc(Nc2ccc(Cl)c(Cl)c2)nc(NC2CCCCC2)n1. The van der Waals surface area contributed by atoms with Crippen LogP contribution in [-0.2, 0) is 6.18 Å². The summed E-state index contributed by atoms with van der Waals surface area (Å²) in [7, 11) is 0. The van der Waals surface area contributed by atoms with Gasteiger partial charge in [0.15, 0.2) is 5.69 Å². The lowest BCUT2D eigenvalue weighted by Gasteiger charge is -2.23. The molecule has 1 heterocycles. The lowest BCUT2D eigenvalue weighted by molar-refractivity contribution is -0.141. The third-order valence-electron chi connectivity index (χ3n) is 4.15. The first-order valence-corrected chi connectivity index (χ1v) is 9.02. The fourth-order valence-corrected chi connectivity index (χ4v) is 3.17. The Hall–Kier alpha value is -1.73. The van der Waals surface area contributed by atoms with Crippen LogP contribution in [0.3, 0.4) is 0 Å². The molecule has 0 aliphatic heterocycles. The van der Waals surface area contributed by atoms with Crippen LogP contribution < -0.4 is 10.6 Å². The molecule has 1 aromatic heterocycles. The Labute approximate surface area is 159 Å². The van der Waals surface area contributed by atoms with Crippen molar-refractivity contribution < 1.29 is 13.2 Å². The van der Waals surface area contributed by atoms with Crippen molar-refractivity contribution in [3.63, 3.8) is 0 Å². The molecule has 0 spiro atoms. The quantitative estimate of drug-likeness (QED) is 0.628. The maximum Gasteiger partial charge on any atom is 0.433 e. The zero-order chi connectivity index (χ0) is 18.7. The van der Waals surface area contributed by atoms with Crippen LogP contribution in [0.5, 0.6) is 0 Å². The van der Waals surface area contributed by atoms with E-state index in [2.05, 4.69) is 20.6 Å². The number of nitrogens with one attached hydrogen (secondary N) is 2. The minimum Gasteiger partial charge on any atom is -0.351 e. The summed E-state index contributed by atoms with van der Waals surface area (Å²) in [6.07, 6.45) is 0.464. The highest BCUT2D eigenvalue weighted by atomic mass is 35.5. The minimum absolute atomic E-state index is 0.0315. The van der Waals surface area contributed by atoms with Gasteiger partial charge in [-0.1, -0.05) is 42.5 Å². The second-order valence-electron chi connectivity index (χ2n) is 6.19. The molecule has 0 amide bonds. The van der Waals surface area contributed by atoms with Crippen molar-refractivity contribution in [1.82, 2.24) is 9.97 Å². The molecule has 26 heavy (non-hydrogen) atoms. The van der Waals surface area contributed by atoms with E-state index in [9.17, 15) is 13.2 Å². The number of aromatic nitrogens is 2. The first kappa shape index (κ1) is 19.0. The van der Waals surface area contributed by atoms with Gasteiger partial charge in [0.05, 0.1) is 10.0 Å². The molecule has 9 heteroatoms. The fraction of sp³-hybridized carbons (Fsp3) is 0.412. The molecule has 0 bridgehead atoms. The Morgan fingerprint density at radius 2 is 1.69 bits per heavy atom. The van der Waals surface area contributed by atoms with Crippen molar-refractivity contribution in [2.45, 2.75) is 44.3 Å². The molecule has 3 rings (SSSR count). The first-order chi connectivity index (χ1) is 12.3. The zero-order valence-corrected chi connectivity index (χ0v) is 15.2. The van der Waals surface area contributed by atoms with Crippen LogP contribution in [0.2, 0.25) is 10.0 Å². The maximum atomic E-state index is 13.2. The Balaban J connectivity index is 1.87. The second kappa shape index (κ2) is 7.88. The molecule has 0 unspecified atom stereocenters. The summed E-state index contributed by atoms with van der Waals surface area (Å²) < 4.78 is 39.6. The van der Waals surface area contributed by atoms with E-state index < -0.39 is 11.9 Å². The summed E-state index contributed by atoms with van der Waals surface area (Å²) >= 11 is 11.8. The highest BCUT2D eigenvalue weighted by molar-refractivity contribution is 6.42. The molecule has 0 atom stereocenters. The second-order valence-corrected chi connectivity index (χ2v) is 7.01. The van der Waals surface area contributed by atoms with Crippen LogP contribution in [0.4, 0.5) is 30.6 Å². The van der Waals surface area contributed by atoms with Gasteiger partial charge in [-0.3, -0.25) is 0 Å². The summed E-state index contributed by atoms with van der Waals surface area (Å²) in [4.78, 5) is 7.82. The van der Waals surface area contributed by atoms with Gasteiger partial charge < -0.3 is 10.6 Å². The van der Waals surface area contributed by atoms with E-state index in [0.29, 0.717) is 15.7 Å². The van der Waals surface area contributed by atoms with Gasteiger partial charge in [0.1, 0.15) is 5.82 Å². The van der Waals surface area contributed by atoms with Crippen molar-refractivity contribution in [2.75, 3.05) is 10.6 Å². The van der Waals surface area contributed by atoms with E-state index in [1.165, 1.54) is 6.07 Å². The van der Waals surface area contributed by atoms with Crippen LogP contribution in [0.15, 0.2) is 24.3 Å². The van der Waals surface area contributed by atoms with Gasteiger partial charge in [-0.15, -0.1) is 0 Å². The Morgan fingerprint density at radius 1 is 0.962 bits per heavy atom. The van der Waals surface area contributed by atoms with E-state index >= 15 is 0 Å². The summed E-state index contributed by atoms with van der Waals surface area (Å²) in [5, 5.41) is 6.51. The van der Waals surface area contributed by atoms with Crippen molar-refractivity contribution in [1.29, 1.82) is 0 Å². The number of benzene rings is 1. The molecule has 1 fully saturated rings. The summed E-state index contributed by atoms with van der Waals surface area (Å²) in [6, 6.07) is 5.64. The van der Waals surface area contributed by atoms with Gasteiger partial charge in [0.2, 0.25) is 5.95 Å². The molecule has 140 valence electrons. The minimum atomic E-state index is -4.57. The molecular formula is C17H17Cl2F3N4. The van der Waals surface area contributed by atoms with Crippen LogP contribution in [-0.4, -0.2) is 16.0 Å². The zero-order valence-electron chi connectivity index (χ0n) is 13.7. The number of rotatable bonds is 4. The summed E-state index contributed by atoms with van der Waals surface area (Å²) in [6.45, 7) is 0. The van der Waals surface area contributed by atoms with Crippen LogP contribution >= 0.6 is 23.2 Å². The highest BCUT2D eigenvalue weighted by Crippen LogP contribution is 2.32. The highest BCUT2D eigenvalue weighted by Gasteiger charge is 2.34. The normalized spacial score (nSPS) is 15.7. The molecule has 1 aromatic carbocycles. The predicted molar refractivity (Wildman–Crippen MR) is 97.3 cm³/mol. The Kier molecular flexibility index (Phi) is 5.77. The number of halogens is 5. The molecule has 0 saturated heterocycles. The Morgan fingerprint density at radius 3 is 2.35 bits per heavy atom. The van der Waals surface area contributed by atoms with E-state index in [4.69, 9.17) is 23.2 Å². The van der Waals surface area contributed by atoms with Gasteiger partial charge >= 0.3 is 6.18 Å². The van der Waals surface area contributed by atoms with E-state index in [1.807, 2.05) is 0 Å². The van der Waals surface area contributed by atoms with Crippen LogP contribution in [0, 0.1) is 0 Å². The third-order valence-corrected chi connectivity index (χ3v) is 4.89. The smallest absolute Gasteiger partial charge is 0.351 e. The van der Waals surface area contributed by atoms with Crippen molar-refractivity contribution in [2.24, 2.45) is 0 Å². The van der Waals surface area contributed by atoms with Crippen molar-refractivity contribution >= 4 is 40.7 Å². The van der Waals surface area contributed by atoms with Gasteiger partial charge in [-0.25, -0.2) is 4.98 Å². The van der Waals surface area contributed by atoms with Gasteiger partial charge in [0, 0.05) is 17.8 Å². The molecular weight excluding hydrogens is 388 g/mol. The summed E-state index contributed by atoms with van der Waals surface area (Å²) in [5.74, 6) is -0.00157. The first-order valence-electron chi connectivity index (χ1n) is 8.26. The van der Waals surface area contributed by atoms with E-state index in [0.717, 1.165) is 38.2 Å². The van der Waals surface area contributed by atoms with Gasteiger partial charge in [-0.2, -0.15) is 18.2 Å². The lowest BCUT2D eigenvalue weighted by Crippen LogP contribution is -2.24. The average molecular weight is 405 g/mol. The molecule has 1 aliphatic rings. The standard InChI is InChI=1S/C17H17Cl2F3N4/c18-12-7-6-11(8-13(12)19)23-15-9-14(17(20,21)22)25-16(26-15)24-10-4-2-1-3-5-10/h6-10H,1-5H2,(H2,23,24,25,26). The van der Waals surface area contributed by atoms with Crippen molar-refractivity contribution in [3.8, 4) is 0 Å². The molecule has 2 aromatic rings. The van der Waals surface area contributed by atoms with E-state index in [-0.39, 0.29) is 17.8 Å². The fourth-order valence-electron chi connectivity index (χ4n) is 2.87.